The second kappa shape index (κ2) is 7.68. The van der Waals surface area contributed by atoms with Crippen LogP contribution in [0.15, 0.2) is 24.3 Å². The molecule has 5 rings (SSSR count). The molecule has 4 aliphatic carbocycles. The predicted molar refractivity (Wildman–Crippen MR) is 125 cm³/mol. The molecule has 2 nitrogen and oxygen atoms in total. The molecule has 8 unspecified atom stereocenters. The van der Waals surface area contributed by atoms with Gasteiger partial charge in [-0.3, -0.25) is 4.79 Å². The van der Waals surface area contributed by atoms with E-state index in [1.54, 1.807) is 0 Å². The van der Waals surface area contributed by atoms with Gasteiger partial charge in [0, 0.05) is 31.3 Å². The van der Waals surface area contributed by atoms with E-state index in [0.717, 1.165) is 47.5 Å². The van der Waals surface area contributed by atoms with Crippen LogP contribution in [-0.4, -0.2) is 19.9 Å². The van der Waals surface area contributed by atoms with Crippen molar-refractivity contribution in [3.63, 3.8) is 0 Å². The maximum absolute atomic E-state index is 13.6. The second-order valence-corrected chi connectivity index (χ2v) is 11.8. The van der Waals surface area contributed by atoms with Gasteiger partial charge in [-0.25, -0.2) is 0 Å². The number of anilines is 1. The van der Waals surface area contributed by atoms with Crippen LogP contribution >= 0.6 is 0 Å². The molecule has 0 amide bonds. The van der Waals surface area contributed by atoms with E-state index in [2.05, 4.69) is 57.1 Å². The summed E-state index contributed by atoms with van der Waals surface area (Å²) in [6.45, 7) is 4.96. The zero-order valence-electron chi connectivity index (χ0n) is 19.6. The fourth-order valence-corrected chi connectivity index (χ4v) is 8.64. The fourth-order valence-electron chi connectivity index (χ4n) is 8.64. The van der Waals surface area contributed by atoms with Gasteiger partial charge in [-0.1, -0.05) is 20.3 Å². The molecular formula is C28H41NO. The Morgan fingerprint density at radius 3 is 2.37 bits per heavy atom. The van der Waals surface area contributed by atoms with Gasteiger partial charge in [-0.2, -0.15) is 0 Å². The molecule has 0 heterocycles. The van der Waals surface area contributed by atoms with Gasteiger partial charge in [-0.05, 0) is 117 Å². The van der Waals surface area contributed by atoms with E-state index in [0.29, 0.717) is 5.78 Å². The first-order valence-corrected chi connectivity index (χ1v) is 12.7. The molecule has 8 atom stereocenters. The van der Waals surface area contributed by atoms with Crippen LogP contribution < -0.4 is 4.90 Å². The minimum Gasteiger partial charge on any atom is -0.378 e. The molecule has 1 aromatic rings. The summed E-state index contributed by atoms with van der Waals surface area (Å²) < 4.78 is 0. The minimum atomic E-state index is 0.229. The number of ketones is 1. The van der Waals surface area contributed by atoms with Gasteiger partial charge in [0.25, 0.3) is 0 Å². The zero-order valence-corrected chi connectivity index (χ0v) is 19.6. The third-order valence-electron chi connectivity index (χ3n) is 10.2. The number of nitrogens with zero attached hydrogens (tertiary/aromatic N) is 1. The Bertz CT molecular complexity index is 782. The Kier molecular flexibility index (Phi) is 5.27. The largest absolute Gasteiger partial charge is 0.378 e. The normalized spacial score (nSPS) is 42.7. The zero-order chi connectivity index (χ0) is 21.0. The van der Waals surface area contributed by atoms with E-state index in [1.165, 1.54) is 57.1 Å². The van der Waals surface area contributed by atoms with Gasteiger partial charge in [0.05, 0.1) is 0 Å². The quantitative estimate of drug-likeness (QED) is 0.511. The molecule has 2 heteroatoms. The Hall–Kier alpha value is -1.31. The Morgan fingerprint density at radius 2 is 1.63 bits per heavy atom. The molecule has 4 saturated carbocycles. The van der Waals surface area contributed by atoms with Crippen LogP contribution in [0.25, 0.3) is 0 Å². The molecule has 164 valence electrons. The average Bonchev–Trinajstić information content (AvgIpc) is 3.10. The van der Waals surface area contributed by atoms with Crippen molar-refractivity contribution in [2.75, 3.05) is 19.0 Å². The van der Waals surface area contributed by atoms with E-state index in [-0.39, 0.29) is 11.3 Å². The highest BCUT2D eigenvalue weighted by Crippen LogP contribution is 2.64. The lowest BCUT2D eigenvalue weighted by atomic mass is 9.49. The van der Waals surface area contributed by atoms with E-state index >= 15 is 0 Å². The van der Waals surface area contributed by atoms with Crippen molar-refractivity contribution in [3.8, 4) is 0 Å². The number of carbonyl (C=O) groups excluding carboxylic acids is 1. The Balaban J connectivity index is 1.34. The van der Waals surface area contributed by atoms with Crippen molar-refractivity contribution < 1.29 is 4.79 Å². The van der Waals surface area contributed by atoms with Gasteiger partial charge in [0.1, 0.15) is 0 Å². The Labute approximate surface area is 183 Å². The molecule has 0 saturated heterocycles. The monoisotopic (exact) mass is 407 g/mol. The lowest BCUT2D eigenvalue weighted by Crippen LogP contribution is -2.49. The minimum absolute atomic E-state index is 0.229. The molecule has 4 fully saturated rings. The molecule has 0 bridgehead atoms. The highest BCUT2D eigenvalue weighted by atomic mass is 16.1. The molecule has 0 spiro atoms. The smallest absolute Gasteiger partial charge is 0.166 e. The number of rotatable bonds is 3. The van der Waals surface area contributed by atoms with Crippen molar-refractivity contribution in [2.24, 2.45) is 46.8 Å². The number of hydrogen-bond acceptors (Lipinski definition) is 2. The van der Waals surface area contributed by atoms with Crippen LogP contribution in [0.2, 0.25) is 0 Å². The van der Waals surface area contributed by atoms with Gasteiger partial charge in [0.15, 0.2) is 5.78 Å². The van der Waals surface area contributed by atoms with Crippen LogP contribution in [0, 0.1) is 46.8 Å². The predicted octanol–water partition coefficient (Wildman–Crippen LogP) is 6.84. The summed E-state index contributed by atoms with van der Waals surface area (Å²) in [6.07, 6.45) is 12.4. The van der Waals surface area contributed by atoms with Crippen LogP contribution in [-0.2, 0) is 0 Å². The number of fused-ring (bicyclic) bond motifs is 5. The highest BCUT2D eigenvalue weighted by molar-refractivity contribution is 5.98. The second-order valence-electron chi connectivity index (χ2n) is 11.8. The Morgan fingerprint density at radius 1 is 0.900 bits per heavy atom. The first kappa shape index (κ1) is 20.6. The van der Waals surface area contributed by atoms with Crippen molar-refractivity contribution >= 4 is 11.5 Å². The van der Waals surface area contributed by atoms with Gasteiger partial charge in [0.2, 0.25) is 0 Å². The topological polar surface area (TPSA) is 20.3 Å². The van der Waals surface area contributed by atoms with Gasteiger partial charge < -0.3 is 4.90 Å². The van der Waals surface area contributed by atoms with Gasteiger partial charge in [-0.15, -0.1) is 0 Å². The average molecular weight is 408 g/mol. The maximum Gasteiger partial charge on any atom is 0.166 e. The van der Waals surface area contributed by atoms with Crippen LogP contribution in [0.5, 0.6) is 0 Å². The van der Waals surface area contributed by atoms with Gasteiger partial charge >= 0.3 is 0 Å². The molecule has 0 radical (unpaired) electrons. The molecule has 0 N–H and O–H groups in total. The van der Waals surface area contributed by atoms with Crippen LogP contribution in [0.1, 0.15) is 82.0 Å². The summed E-state index contributed by atoms with van der Waals surface area (Å²) in [6, 6.07) is 8.33. The first-order chi connectivity index (χ1) is 14.4. The summed E-state index contributed by atoms with van der Waals surface area (Å²) in [5, 5.41) is 0. The summed E-state index contributed by atoms with van der Waals surface area (Å²) in [5.41, 5.74) is 2.33. The third-order valence-corrected chi connectivity index (χ3v) is 10.2. The van der Waals surface area contributed by atoms with Crippen molar-refractivity contribution in [1.29, 1.82) is 0 Å². The van der Waals surface area contributed by atoms with Crippen LogP contribution in [0.4, 0.5) is 5.69 Å². The van der Waals surface area contributed by atoms with E-state index in [4.69, 9.17) is 0 Å². The summed E-state index contributed by atoms with van der Waals surface area (Å²) in [4.78, 5) is 15.7. The first-order valence-electron chi connectivity index (χ1n) is 12.7. The van der Waals surface area contributed by atoms with E-state index in [9.17, 15) is 4.79 Å². The standard InChI is InChI=1S/C28H41NO/c1-18-5-11-22-20(17-18)8-12-24-23(22)15-16-28(2)25(24)13-14-26(28)27(30)19-6-9-21(10-7-19)29(3)4/h6-7,9-10,18,20,22-26H,5,8,11-17H2,1-4H3. The van der Waals surface area contributed by atoms with E-state index < -0.39 is 0 Å². The lowest BCUT2D eigenvalue weighted by Gasteiger charge is -2.56. The summed E-state index contributed by atoms with van der Waals surface area (Å²) in [7, 11) is 4.11. The van der Waals surface area contributed by atoms with Crippen LogP contribution in [0.3, 0.4) is 0 Å². The van der Waals surface area contributed by atoms with Crippen molar-refractivity contribution in [2.45, 2.75) is 71.6 Å². The number of carbonyl (C=O) groups is 1. The van der Waals surface area contributed by atoms with Crippen molar-refractivity contribution in [3.05, 3.63) is 29.8 Å². The summed E-state index contributed by atoms with van der Waals surface area (Å²) in [5.74, 6) is 6.25. The molecule has 1 aromatic carbocycles. The highest BCUT2D eigenvalue weighted by Gasteiger charge is 2.58. The fraction of sp³-hybridized carbons (Fsp3) is 0.750. The lowest BCUT2D eigenvalue weighted by molar-refractivity contribution is -0.0634. The number of benzene rings is 1. The molecule has 30 heavy (non-hydrogen) atoms. The summed E-state index contributed by atoms with van der Waals surface area (Å²) >= 11 is 0. The number of Topliss-reactive ketones (excluding diaryl/α,β-unsaturated/α-hetero) is 1. The third kappa shape index (κ3) is 3.24. The van der Waals surface area contributed by atoms with Crippen molar-refractivity contribution in [1.82, 2.24) is 0 Å². The molecule has 0 aromatic heterocycles. The number of hydrogen-bond donors (Lipinski definition) is 0. The molecular weight excluding hydrogens is 366 g/mol. The molecule has 4 aliphatic rings. The maximum atomic E-state index is 13.6. The molecule has 0 aliphatic heterocycles. The SMILES string of the molecule is CC1CCC2C(CCC3C2CCC2(C)C(C(=O)c4ccc(N(C)C)cc4)CCC32)C1. The van der Waals surface area contributed by atoms with E-state index in [1.807, 2.05) is 0 Å².